The first-order valence-electron chi connectivity index (χ1n) is 7.47. The second kappa shape index (κ2) is 9.12. The fourth-order valence-electron chi connectivity index (χ4n) is 2.20. The normalized spacial score (nSPS) is 10.6. The van der Waals surface area contributed by atoms with Gasteiger partial charge in [0.2, 0.25) is 0 Å². The molecule has 0 spiro atoms. The number of hydrogen-bond donors (Lipinski definition) is 1. The van der Waals surface area contributed by atoms with E-state index in [-0.39, 0.29) is 5.82 Å². The number of rotatable bonds is 9. The lowest BCUT2D eigenvalue weighted by Gasteiger charge is -2.15. The highest BCUT2D eigenvalue weighted by molar-refractivity contribution is 5.46. The van der Waals surface area contributed by atoms with Gasteiger partial charge in [0, 0.05) is 25.8 Å². The average molecular weight is 319 g/mol. The summed E-state index contributed by atoms with van der Waals surface area (Å²) in [6.45, 7) is 2.24. The van der Waals surface area contributed by atoms with Crippen LogP contribution in [0.5, 0.6) is 11.5 Å². The fraction of sp³-hybridized carbons (Fsp3) is 0.333. The van der Waals surface area contributed by atoms with Gasteiger partial charge in [-0.25, -0.2) is 4.39 Å². The molecule has 0 atom stereocenters. The van der Waals surface area contributed by atoms with Gasteiger partial charge in [0.1, 0.15) is 12.4 Å². The predicted molar refractivity (Wildman–Crippen MR) is 87.3 cm³/mol. The van der Waals surface area contributed by atoms with E-state index in [1.165, 1.54) is 12.1 Å². The molecule has 2 aromatic carbocycles. The number of para-hydroxylation sites is 1. The zero-order valence-corrected chi connectivity index (χ0v) is 13.5. The van der Waals surface area contributed by atoms with Crippen molar-refractivity contribution < 1.29 is 18.6 Å². The first kappa shape index (κ1) is 17.2. The van der Waals surface area contributed by atoms with E-state index in [9.17, 15) is 4.39 Å². The van der Waals surface area contributed by atoms with Crippen LogP contribution in [0.25, 0.3) is 0 Å². The minimum Gasteiger partial charge on any atom is -0.493 e. The zero-order chi connectivity index (χ0) is 16.5. The third-order valence-corrected chi connectivity index (χ3v) is 3.37. The molecule has 1 N–H and O–H groups in total. The third kappa shape index (κ3) is 5.23. The molecule has 0 unspecified atom stereocenters. The van der Waals surface area contributed by atoms with Crippen molar-refractivity contribution in [2.24, 2.45) is 0 Å². The second-order valence-corrected chi connectivity index (χ2v) is 5.02. The van der Waals surface area contributed by atoms with Crippen molar-refractivity contribution in [3.63, 3.8) is 0 Å². The van der Waals surface area contributed by atoms with Crippen LogP contribution in [0.3, 0.4) is 0 Å². The van der Waals surface area contributed by atoms with Gasteiger partial charge >= 0.3 is 0 Å². The summed E-state index contributed by atoms with van der Waals surface area (Å²) in [5.41, 5.74) is 2.03. The number of benzene rings is 2. The summed E-state index contributed by atoms with van der Waals surface area (Å²) in [7, 11) is 3.25. The largest absolute Gasteiger partial charge is 0.493 e. The monoisotopic (exact) mass is 319 g/mol. The lowest BCUT2D eigenvalue weighted by atomic mass is 10.1. The van der Waals surface area contributed by atoms with E-state index in [4.69, 9.17) is 14.2 Å². The molecule has 2 rings (SSSR count). The lowest BCUT2D eigenvalue weighted by Crippen LogP contribution is -2.15. The third-order valence-electron chi connectivity index (χ3n) is 3.37. The Morgan fingerprint density at radius 2 is 1.74 bits per heavy atom. The van der Waals surface area contributed by atoms with Crippen LogP contribution < -0.4 is 14.8 Å². The number of ether oxygens (including phenoxy) is 3. The highest BCUT2D eigenvalue weighted by Gasteiger charge is 2.10. The van der Waals surface area contributed by atoms with Gasteiger partial charge in [0.25, 0.3) is 0 Å². The minimum atomic E-state index is -0.227. The van der Waals surface area contributed by atoms with Crippen molar-refractivity contribution in [3.05, 3.63) is 59.4 Å². The van der Waals surface area contributed by atoms with Gasteiger partial charge in [0.15, 0.2) is 11.5 Å². The zero-order valence-electron chi connectivity index (χ0n) is 13.5. The molecule has 0 heterocycles. The van der Waals surface area contributed by atoms with Gasteiger partial charge in [-0.15, -0.1) is 0 Å². The second-order valence-electron chi connectivity index (χ2n) is 5.02. The fourth-order valence-corrected chi connectivity index (χ4v) is 2.20. The Morgan fingerprint density at radius 1 is 0.957 bits per heavy atom. The number of hydrogen-bond acceptors (Lipinski definition) is 4. The van der Waals surface area contributed by atoms with E-state index in [0.717, 1.165) is 16.9 Å². The summed E-state index contributed by atoms with van der Waals surface area (Å²) in [5.74, 6) is 1.19. The molecule has 5 heteroatoms. The van der Waals surface area contributed by atoms with Crippen LogP contribution in [0, 0.1) is 5.82 Å². The first-order chi connectivity index (χ1) is 11.2. The molecular weight excluding hydrogens is 297 g/mol. The van der Waals surface area contributed by atoms with Crippen molar-refractivity contribution in [2.45, 2.75) is 13.1 Å². The van der Waals surface area contributed by atoms with E-state index >= 15 is 0 Å². The molecule has 0 saturated carbocycles. The molecule has 0 radical (unpaired) electrons. The van der Waals surface area contributed by atoms with Crippen molar-refractivity contribution >= 4 is 0 Å². The summed E-state index contributed by atoms with van der Waals surface area (Å²) < 4.78 is 29.0. The minimum absolute atomic E-state index is 0.227. The molecule has 0 amide bonds. The van der Waals surface area contributed by atoms with Crippen molar-refractivity contribution in [1.82, 2.24) is 5.32 Å². The Labute approximate surface area is 136 Å². The molecule has 0 aliphatic carbocycles. The number of nitrogens with one attached hydrogen (secondary N) is 1. The van der Waals surface area contributed by atoms with Crippen LogP contribution in [0.1, 0.15) is 11.1 Å². The maximum Gasteiger partial charge on any atom is 0.165 e. The number of halogens is 1. The molecular formula is C18H22FNO3. The van der Waals surface area contributed by atoms with Crippen LogP contribution in [0.4, 0.5) is 4.39 Å². The van der Waals surface area contributed by atoms with Crippen LogP contribution >= 0.6 is 0 Å². The molecule has 0 bridgehead atoms. The Morgan fingerprint density at radius 3 is 2.43 bits per heavy atom. The van der Waals surface area contributed by atoms with Crippen LogP contribution in [-0.4, -0.2) is 27.4 Å². The van der Waals surface area contributed by atoms with E-state index < -0.39 is 0 Å². The Bertz CT molecular complexity index is 602. The van der Waals surface area contributed by atoms with E-state index in [2.05, 4.69) is 5.32 Å². The maximum atomic E-state index is 12.9. The van der Waals surface area contributed by atoms with E-state index in [1.807, 2.05) is 18.2 Å². The molecule has 0 aliphatic heterocycles. The Hall–Kier alpha value is -2.11. The van der Waals surface area contributed by atoms with Gasteiger partial charge in [-0.3, -0.25) is 0 Å². The first-order valence-corrected chi connectivity index (χ1v) is 7.47. The standard InChI is InChI=1S/C18H22FNO3/c1-21-10-11-23-18-15(4-3-5-17(18)22-2)13-20-12-14-6-8-16(19)9-7-14/h3-9,20H,10-13H2,1-2H3. The summed E-state index contributed by atoms with van der Waals surface area (Å²) in [4.78, 5) is 0. The van der Waals surface area contributed by atoms with Crippen LogP contribution in [-0.2, 0) is 17.8 Å². The van der Waals surface area contributed by atoms with Crippen molar-refractivity contribution in [2.75, 3.05) is 27.4 Å². The van der Waals surface area contributed by atoms with Gasteiger partial charge in [-0.2, -0.15) is 0 Å². The Balaban J connectivity index is 1.98. The summed E-state index contributed by atoms with van der Waals surface area (Å²) in [6.07, 6.45) is 0. The van der Waals surface area contributed by atoms with Gasteiger partial charge in [0.05, 0.1) is 13.7 Å². The predicted octanol–water partition coefficient (Wildman–Crippen LogP) is 3.15. The van der Waals surface area contributed by atoms with E-state index in [1.54, 1.807) is 26.4 Å². The van der Waals surface area contributed by atoms with E-state index in [0.29, 0.717) is 32.1 Å². The average Bonchev–Trinajstić information content (AvgIpc) is 2.58. The molecule has 0 aliphatic rings. The van der Waals surface area contributed by atoms with Crippen LogP contribution in [0.15, 0.2) is 42.5 Å². The molecule has 23 heavy (non-hydrogen) atoms. The quantitative estimate of drug-likeness (QED) is 0.721. The van der Waals surface area contributed by atoms with Gasteiger partial charge < -0.3 is 19.5 Å². The molecule has 2 aromatic rings. The highest BCUT2D eigenvalue weighted by Crippen LogP contribution is 2.31. The summed E-state index contributed by atoms with van der Waals surface area (Å²) >= 11 is 0. The molecule has 4 nitrogen and oxygen atoms in total. The summed E-state index contributed by atoms with van der Waals surface area (Å²) in [5, 5.41) is 3.33. The Kier molecular flexibility index (Phi) is 6.84. The van der Waals surface area contributed by atoms with Crippen LogP contribution in [0.2, 0.25) is 0 Å². The maximum absolute atomic E-state index is 12.9. The van der Waals surface area contributed by atoms with Crippen molar-refractivity contribution in [1.29, 1.82) is 0 Å². The smallest absolute Gasteiger partial charge is 0.165 e. The molecule has 0 aromatic heterocycles. The molecule has 0 fully saturated rings. The summed E-state index contributed by atoms with van der Waals surface area (Å²) in [6, 6.07) is 12.2. The van der Waals surface area contributed by atoms with Gasteiger partial charge in [-0.05, 0) is 23.8 Å². The topological polar surface area (TPSA) is 39.7 Å². The number of methoxy groups -OCH3 is 2. The van der Waals surface area contributed by atoms with Gasteiger partial charge in [-0.1, -0.05) is 24.3 Å². The van der Waals surface area contributed by atoms with Crippen molar-refractivity contribution in [3.8, 4) is 11.5 Å². The molecule has 0 saturated heterocycles. The lowest BCUT2D eigenvalue weighted by molar-refractivity contribution is 0.143. The highest BCUT2D eigenvalue weighted by atomic mass is 19.1. The SMILES string of the molecule is COCCOc1c(CNCc2ccc(F)cc2)cccc1OC. The molecule has 124 valence electrons.